The first-order valence-electron chi connectivity index (χ1n) is 19.7. The Morgan fingerprint density at radius 1 is 0.814 bits per heavy atom. The van der Waals surface area contributed by atoms with Gasteiger partial charge in [0.1, 0.15) is 67.1 Å². The normalized spacial score (nSPS) is 36.0. The maximum Gasteiger partial charge on any atom is 0.364 e. The molecule has 0 radical (unpaired) electrons. The van der Waals surface area contributed by atoms with E-state index in [1.807, 2.05) is 0 Å². The summed E-state index contributed by atoms with van der Waals surface area (Å²) in [5, 5.41) is 111. The average molecular weight is 859 g/mol. The summed E-state index contributed by atoms with van der Waals surface area (Å²) < 4.78 is 39.3. The van der Waals surface area contributed by atoms with E-state index in [0.29, 0.717) is 19.3 Å². The fourth-order valence-electron chi connectivity index (χ4n) is 7.13. The van der Waals surface area contributed by atoms with Crippen LogP contribution >= 0.6 is 0 Å². The highest BCUT2D eigenvalue weighted by atomic mass is 16.8. The molecule has 0 spiro atoms. The summed E-state index contributed by atoms with van der Waals surface area (Å²) in [4.78, 5) is 48.6. The first-order chi connectivity index (χ1) is 28.0. The van der Waals surface area contributed by atoms with Crippen molar-refractivity contribution in [1.29, 1.82) is 0 Å². The summed E-state index contributed by atoms with van der Waals surface area (Å²) >= 11 is 0. The second kappa shape index (κ2) is 24.1. The number of carbonyl (C=O) groups is 4. The monoisotopic (exact) mass is 858 g/mol. The molecule has 0 aromatic rings. The Kier molecular flexibility index (Phi) is 20.6. The third kappa shape index (κ3) is 13.4. The van der Waals surface area contributed by atoms with E-state index < -0.39 is 142 Å². The Morgan fingerprint density at radius 3 is 2.02 bits per heavy atom. The summed E-state index contributed by atoms with van der Waals surface area (Å²) in [6.45, 7) is -0.0982. The number of rotatable bonds is 23. The van der Waals surface area contributed by atoms with Gasteiger partial charge < -0.3 is 94.9 Å². The van der Waals surface area contributed by atoms with Crippen molar-refractivity contribution in [3.8, 4) is 0 Å². The maximum atomic E-state index is 12.8. The van der Waals surface area contributed by atoms with Gasteiger partial charge in [-0.25, -0.2) is 4.79 Å². The van der Waals surface area contributed by atoms with Crippen LogP contribution in [0.15, 0.2) is 0 Å². The van der Waals surface area contributed by atoms with Gasteiger partial charge in [0, 0.05) is 32.8 Å². The molecular weight excluding hydrogens is 796 g/mol. The molecule has 0 aromatic heterocycles. The van der Waals surface area contributed by atoms with E-state index in [4.69, 9.17) is 28.4 Å². The summed E-state index contributed by atoms with van der Waals surface area (Å²) in [6, 6.07) is -2.86. The van der Waals surface area contributed by atoms with Crippen molar-refractivity contribution in [3.63, 3.8) is 0 Å². The van der Waals surface area contributed by atoms with Crippen LogP contribution in [0.5, 0.6) is 0 Å². The van der Waals surface area contributed by atoms with E-state index >= 15 is 0 Å². The predicted octanol–water partition coefficient (Wildman–Crippen LogP) is -4.76. The van der Waals surface area contributed by atoms with E-state index in [0.717, 1.165) is 32.6 Å². The van der Waals surface area contributed by atoms with E-state index in [1.165, 1.54) is 7.11 Å². The van der Waals surface area contributed by atoms with Crippen molar-refractivity contribution in [1.82, 2.24) is 10.6 Å². The molecule has 23 heteroatoms. The van der Waals surface area contributed by atoms with E-state index in [1.54, 1.807) is 6.92 Å². The number of aliphatic hydroxyl groups is 9. The molecule has 3 fully saturated rings. The zero-order valence-corrected chi connectivity index (χ0v) is 33.3. The van der Waals surface area contributed by atoms with E-state index in [-0.39, 0.29) is 19.0 Å². The molecule has 2 amide bonds. The lowest BCUT2D eigenvalue weighted by molar-refractivity contribution is -0.382. The number of aliphatic carboxylic acids is 1. The van der Waals surface area contributed by atoms with Crippen molar-refractivity contribution in [2.75, 3.05) is 33.5 Å². The molecule has 3 rings (SSSR count). The Balaban J connectivity index is 1.81. The summed E-state index contributed by atoms with van der Waals surface area (Å²) in [5.41, 5.74) is 0. The Labute approximate surface area is 340 Å². The molecule has 12 N–H and O–H groups in total. The lowest BCUT2D eigenvalue weighted by atomic mass is 9.88. The molecule has 0 unspecified atom stereocenters. The summed E-state index contributed by atoms with van der Waals surface area (Å²) in [6.07, 6.45) is -20.1. The van der Waals surface area contributed by atoms with Gasteiger partial charge in [-0.2, -0.15) is 0 Å². The van der Waals surface area contributed by atoms with Crippen molar-refractivity contribution >= 4 is 23.8 Å². The molecule has 3 aliphatic rings. The third-order valence-electron chi connectivity index (χ3n) is 10.4. The summed E-state index contributed by atoms with van der Waals surface area (Å²) in [7, 11) is 1.33. The van der Waals surface area contributed by atoms with Crippen LogP contribution in [0.3, 0.4) is 0 Å². The number of carboxylic acids is 1. The molecule has 0 aromatic carbocycles. The van der Waals surface area contributed by atoms with Crippen LogP contribution in [0.4, 0.5) is 0 Å². The Morgan fingerprint density at radius 2 is 1.44 bits per heavy atom. The number of carbonyl (C=O) groups excluding carboxylic acids is 3. The SMILES string of the molecule is CCC(=O)N[C@H]1[C@H](OCCCCCCCCC(=O)OC)O[C@H](CO)[C@@H](O[C@@H]2O[C@H](CO)[C@H](O)[C@H](O[C@]3(C(=O)O)C[C@H](O)[C@@H](NC(C)=O)[C@H]([C@H](O)[C@H](O)CO)O3)[C@H]2O)[C@@H]1O. The van der Waals surface area contributed by atoms with Crippen molar-refractivity contribution in [2.24, 2.45) is 0 Å². The van der Waals surface area contributed by atoms with Crippen molar-refractivity contribution in [3.05, 3.63) is 0 Å². The minimum Gasteiger partial charge on any atom is -0.477 e. The topological polar surface area (TPSA) is 359 Å². The highest BCUT2D eigenvalue weighted by molar-refractivity contribution is 5.77. The van der Waals surface area contributed by atoms with Crippen LogP contribution < -0.4 is 10.6 Å². The number of esters is 1. The molecule has 3 saturated heterocycles. The number of amides is 2. The first kappa shape index (κ1) is 50.6. The number of carboxylic acid groups (broad SMARTS) is 1. The smallest absolute Gasteiger partial charge is 0.364 e. The molecule has 0 saturated carbocycles. The molecule has 0 aliphatic carbocycles. The molecule has 16 atom stereocenters. The highest BCUT2D eigenvalue weighted by Gasteiger charge is 2.60. The minimum absolute atomic E-state index is 0.00902. The van der Waals surface area contributed by atoms with Gasteiger partial charge in [-0.3, -0.25) is 14.4 Å². The maximum absolute atomic E-state index is 12.8. The zero-order valence-electron chi connectivity index (χ0n) is 33.3. The Bertz CT molecular complexity index is 1330. The fraction of sp³-hybridized carbons (Fsp3) is 0.889. The van der Waals surface area contributed by atoms with Gasteiger partial charge in [0.2, 0.25) is 11.8 Å². The van der Waals surface area contributed by atoms with E-state index in [9.17, 15) is 70.2 Å². The van der Waals surface area contributed by atoms with Gasteiger partial charge in [-0.15, -0.1) is 0 Å². The third-order valence-corrected chi connectivity index (χ3v) is 10.4. The number of hydrogen-bond donors (Lipinski definition) is 12. The fourth-order valence-corrected chi connectivity index (χ4v) is 7.13. The molecule has 23 nitrogen and oxygen atoms in total. The van der Waals surface area contributed by atoms with Gasteiger partial charge >= 0.3 is 11.9 Å². The van der Waals surface area contributed by atoms with Crippen LogP contribution in [0.2, 0.25) is 0 Å². The summed E-state index contributed by atoms with van der Waals surface area (Å²) in [5.74, 6) is -6.55. The van der Waals surface area contributed by atoms with Gasteiger partial charge in [-0.1, -0.05) is 32.6 Å². The van der Waals surface area contributed by atoms with Gasteiger partial charge in [0.05, 0.1) is 39.1 Å². The number of methoxy groups -OCH3 is 1. The van der Waals surface area contributed by atoms with Gasteiger partial charge in [0.15, 0.2) is 12.6 Å². The lowest BCUT2D eigenvalue weighted by Crippen LogP contribution is -2.71. The highest BCUT2D eigenvalue weighted by Crippen LogP contribution is 2.38. The standard InChI is InChI=1S/C36H62N2O21/c1-4-22(45)38-25-28(49)30(21(16-41)56-33(25)54-12-10-8-6-5-7-9-11-23(46)53-3)57-34-29(50)32(27(48)20(15-40)55-34)59-36(35(51)52)13-18(43)24(37-17(2)42)31(58-36)26(47)19(44)14-39/h18-21,24-34,39-41,43-44,47-50H,4-16H2,1-3H3,(H,37,42)(H,38,45)(H,51,52)/t18-,19+,20+,21+,24+,25+,26+,27-,28+,29+,30+,31+,32-,33+,34-,36-/m0/s1. The molecule has 59 heavy (non-hydrogen) atoms. The van der Waals surface area contributed by atoms with E-state index in [2.05, 4.69) is 15.4 Å². The van der Waals surface area contributed by atoms with Crippen molar-refractivity contribution < 1.29 is 103 Å². The molecule has 3 aliphatic heterocycles. The van der Waals surface area contributed by atoms with Crippen LogP contribution in [0.25, 0.3) is 0 Å². The van der Waals surface area contributed by atoms with Gasteiger partial charge in [0.25, 0.3) is 5.79 Å². The van der Waals surface area contributed by atoms with Crippen LogP contribution in [0.1, 0.15) is 71.6 Å². The van der Waals surface area contributed by atoms with Crippen LogP contribution in [0, 0.1) is 0 Å². The predicted molar refractivity (Wildman–Crippen MR) is 194 cm³/mol. The van der Waals surface area contributed by atoms with Crippen LogP contribution in [-0.4, -0.2) is 206 Å². The number of hydrogen-bond acceptors (Lipinski definition) is 20. The minimum atomic E-state index is -3.05. The number of aliphatic hydroxyl groups excluding tert-OH is 9. The molecule has 3 heterocycles. The number of unbranched alkanes of at least 4 members (excludes halogenated alkanes) is 5. The largest absolute Gasteiger partial charge is 0.477 e. The van der Waals surface area contributed by atoms with Crippen LogP contribution in [-0.2, 0) is 52.3 Å². The van der Waals surface area contributed by atoms with Gasteiger partial charge in [-0.05, 0) is 12.8 Å². The second-order valence-corrected chi connectivity index (χ2v) is 14.7. The quantitative estimate of drug-likeness (QED) is 0.0339. The molecular formula is C36H62N2O21. The second-order valence-electron chi connectivity index (χ2n) is 14.7. The average Bonchev–Trinajstić information content (AvgIpc) is 3.21. The molecule has 342 valence electrons. The molecule has 0 bridgehead atoms. The Hall–Kier alpha value is -2.72. The lowest BCUT2D eigenvalue weighted by Gasteiger charge is -2.51. The zero-order chi connectivity index (χ0) is 44.0. The first-order valence-corrected chi connectivity index (χ1v) is 19.7. The number of nitrogens with one attached hydrogen (secondary N) is 2. The number of ether oxygens (including phenoxy) is 7. The van der Waals surface area contributed by atoms with Crippen molar-refractivity contribution in [2.45, 2.75) is 169 Å².